The molecule has 7 nitrogen and oxygen atoms in total. The van der Waals surface area contributed by atoms with Crippen molar-refractivity contribution in [1.29, 1.82) is 0 Å². The van der Waals surface area contributed by atoms with Crippen LogP contribution in [0.4, 0.5) is 5.82 Å². The van der Waals surface area contributed by atoms with Crippen molar-refractivity contribution in [2.24, 2.45) is 0 Å². The van der Waals surface area contributed by atoms with Crippen LogP contribution in [0.15, 0.2) is 42.5 Å². The zero-order chi connectivity index (χ0) is 24.5. The number of aryl methyl sites for hydroxylation is 1. The highest BCUT2D eigenvalue weighted by Gasteiger charge is 2.19. The molecule has 0 amide bonds. The SMILES string of the molecule is CC.Cc1ccc(-c2ccc3nc(OCCN4CCCOCC4)nc(N4CCOCC4)c3c2)cc1. The molecule has 188 valence electrons. The molecule has 2 fully saturated rings. The molecule has 7 heteroatoms. The number of nitrogens with zero attached hydrogens (tertiary/aromatic N) is 4. The fraction of sp³-hybridized carbons (Fsp3) is 0.500. The molecule has 5 rings (SSSR count). The van der Waals surface area contributed by atoms with E-state index >= 15 is 0 Å². The van der Waals surface area contributed by atoms with Gasteiger partial charge < -0.3 is 19.1 Å². The third-order valence-corrected chi connectivity index (χ3v) is 6.30. The second-order valence-electron chi connectivity index (χ2n) is 8.68. The molecule has 3 heterocycles. The minimum Gasteiger partial charge on any atom is -0.462 e. The zero-order valence-electron chi connectivity index (χ0n) is 21.3. The van der Waals surface area contributed by atoms with Crippen LogP contribution in [0.2, 0.25) is 0 Å². The van der Waals surface area contributed by atoms with Crippen LogP contribution >= 0.6 is 0 Å². The van der Waals surface area contributed by atoms with Gasteiger partial charge in [0.15, 0.2) is 0 Å². The van der Waals surface area contributed by atoms with E-state index < -0.39 is 0 Å². The van der Waals surface area contributed by atoms with E-state index in [4.69, 9.17) is 24.2 Å². The number of ether oxygens (including phenoxy) is 3. The van der Waals surface area contributed by atoms with Gasteiger partial charge in [0.2, 0.25) is 0 Å². The normalized spacial score (nSPS) is 16.9. The summed E-state index contributed by atoms with van der Waals surface area (Å²) in [6.45, 7) is 14.2. The average molecular weight is 479 g/mol. The van der Waals surface area contributed by atoms with Gasteiger partial charge in [-0.2, -0.15) is 9.97 Å². The molecule has 0 N–H and O–H groups in total. The Bertz CT molecular complexity index is 1060. The average Bonchev–Trinajstić information content (AvgIpc) is 3.19. The first-order valence-electron chi connectivity index (χ1n) is 12.9. The highest BCUT2D eigenvalue weighted by atomic mass is 16.5. The first-order chi connectivity index (χ1) is 17.3. The lowest BCUT2D eigenvalue weighted by Crippen LogP contribution is -2.37. The molecule has 2 aliphatic rings. The summed E-state index contributed by atoms with van der Waals surface area (Å²) < 4.78 is 17.2. The van der Waals surface area contributed by atoms with E-state index in [1.54, 1.807) is 0 Å². The maximum Gasteiger partial charge on any atom is 0.318 e. The minimum absolute atomic E-state index is 0.443. The second-order valence-corrected chi connectivity index (χ2v) is 8.68. The molecule has 2 aromatic carbocycles. The monoisotopic (exact) mass is 478 g/mol. The van der Waals surface area contributed by atoms with Gasteiger partial charge in [0.05, 0.1) is 25.3 Å². The van der Waals surface area contributed by atoms with Crippen molar-refractivity contribution < 1.29 is 14.2 Å². The number of aromatic nitrogens is 2. The Labute approximate surface area is 209 Å². The largest absolute Gasteiger partial charge is 0.462 e. The van der Waals surface area contributed by atoms with Crippen LogP contribution < -0.4 is 9.64 Å². The number of hydrogen-bond acceptors (Lipinski definition) is 7. The molecule has 1 aromatic heterocycles. The van der Waals surface area contributed by atoms with Gasteiger partial charge in [0, 0.05) is 44.7 Å². The smallest absolute Gasteiger partial charge is 0.318 e. The Hall–Kier alpha value is -2.74. The molecule has 2 aliphatic heterocycles. The van der Waals surface area contributed by atoms with Crippen molar-refractivity contribution in [3.8, 4) is 17.1 Å². The predicted octanol–water partition coefficient (Wildman–Crippen LogP) is 4.57. The van der Waals surface area contributed by atoms with Gasteiger partial charge in [0.1, 0.15) is 12.4 Å². The Morgan fingerprint density at radius 2 is 1.54 bits per heavy atom. The molecular weight excluding hydrogens is 440 g/mol. The second kappa shape index (κ2) is 12.8. The van der Waals surface area contributed by atoms with E-state index in [1.807, 2.05) is 13.8 Å². The molecule has 0 spiro atoms. The van der Waals surface area contributed by atoms with Gasteiger partial charge in [-0.3, -0.25) is 4.90 Å². The highest BCUT2D eigenvalue weighted by Crippen LogP contribution is 2.31. The highest BCUT2D eigenvalue weighted by molar-refractivity contribution is 5.93. The van der Waals surface area contributed by atoms with Gasteiger partial charge in [-0.1, -0.05) is 49.7 Å². The lowest BCUT2D eigenvalue weighted by atomic mass is 10.0. The number of anilines is 1. The summed E-state index contributed by atoms with van der Waals surface area (Å²) in [6.07, 6.45) is 1.07. The fourth-order valence-corrected chi connectivity index (χ4v) is 4.39. The van der Waals surface area contributed by atoms with Gasteiger partial charge in [-0.25, -0.2) is 0 Å². The molecule has 0 unspecified atom stereocenters. The van der Waals surface area contributed by atoms with E-state index in [1.165, 1.54) is 11.1 Å². The van der Waals surface area contributed by atoms with Gasteiger partial charge in [-0.15, -0.1) is 0 Å². The van der Waals surface area contributed by atoms with Crippen molar-refractivity contribution in [2.75, 3.05) is 70.7 Å². The fourth-order valence-electron chi connectivity index (χ4n) is 4.39. The number of fused-ring (bicyclic) bond motifs is 1. The van der Waals surface area contributed by atoms with Crippen LogP contribution in [0.5, 0.6) is 6.01 Å². The summed E-state index contributed by atoms with van der Waals surface area (Å²) in [5.41, 5.74) is 4.52. The van der Waals surface area contributed by atoms with E-state index in [-0.39, 0.29) is 0 Å². The van der Waals surface area contributed by atoms with Crippen molar-refractivity contribution in [2.45, 2.75) is 27.2 Å². The van der Waals surface area contributed by atoms with Crippen molar-refractivity contribution in [3.05, 3.63) is 48.0 Å². The molecule has 3 aromatic rings. The first-order valence-corrected chi connectivity index (χ1v) is 12.9. The minimum atomic E-state index is 0.443. The van der Waals surface area contributed by atoms with E-state index in [9.17, 15) is 0 Å². The summed E-state index contributed by atoms with van der Waals surface area (Å²) in [4.78, 5) is 14.3. The lowest BCUT2D eigenvalue weighted by Gasteiger charge is -2.29. The number of hydrogen-bond donors (Lipinski definition) is 0. The Morgan fingerprint density at radius 3 is 2.34 bits per heavy atom. The molecule has 2 saturated heterocycles. The summed E-state index contributed by atoms with van der Waals surface area (Å²) in [5, 5.41) is 1.05. The molecule has 0 radical (unpaired) electrons. The number of rotatable bonds is 6. The van der Waals surface area contributed by atoms with E-state index in [2.05, 4.69) is 59.2 Å². The lowest BCUT2D eigenvalue weighted by molar-refractivity contribution is 0.122. The standard InChI is InChI=1S/C26H32N4O3.C2H6/c1-20-3-5-21(6-4-20)22-7-8-24-23(19-22)25(30-12-16-32-17-13-30)28-26(27-24)33-18-11-29-9-2-14-31-15-10-29;1-2/h3-8,19H,2,9-18H2,1H3;1-2H3. The zero-order valence-corrected chi connectivity index (χ0v) is 21.3. The molecule has 0 aliphatic carbocycles. The van der Waals surface area contributed by atoms with Crippen molar-refractivity contribution >= 4 is 16.7 Å². The summed E-state index contributed by atoms with van der Waals surface area (Å²) in [6, 6.07) is 15.5. The summed E-state index contributed by atoms with van der Waals surface area (Å²) >= 11 is 0. The Morgan fingerprint density at radius 1 is 0.829 bits per heavy atom. The summed E-state index contributed by atoms with van der Waals surface area (Å²) in [7, 11) is 0. The number of morpholine rings is 1. The quantitative estimate of drug-likeness (QED) is 0.514. The van der Waals surface area contributed by atoms with Crippen LogP contribution in [0.3, 0.4) is 0 Å². The third-order valence-electron chi connectivity index (χ3n) is 6.30. The maximum absolute atomic E-state index is 6.05. The summed E-state index contributed by atoms with van der Waals surface area (Å²) in [5.74, 6) is 0.926. The van der Waals surface area contributed by atoms with Crippen molar-refractivity contribution in [1.82, 2.24) is 14.9 Å². The van der Waals surface area contributed by atoms with Gasteiger partial charge in [0.25, 0.3) is 0 Å². The van der Waals surface area contributed by atoms with Crippen LogP contribution in [0.25, 0.3) is 22.0 Å². The molecular formula is C28H38N4O3. The van der Waals surface area contributed by atoms with Crippen LogP contribution in [-0.2, 0) is 9.47 Å². The van der Waals surface area contributed by atoms with E-state index in [0.717, 1.165) is 74.6 Å². The van der Waals surface area contributed by atoms with Crippen molar-refractivity contribution in [3.63, 3.8) is 0 Å². The van der Waals surface area contributed by atoms with Crippen LogP contribution in [0.1, 0.15) is 25.8 Å². The topological polar surface area (TPSA) is 60.0 Å². The molecule has 0 saturated carbocycles. The molecule has 0 atom stereocenters. The maximum atomic E-state index is 6.05. The van der Waals surface area contributed by atoms with Crippen LogP contribution in [-0.4, -0.2) is 80.6 Å². The number of benzene rings is 2. The van der Waals surface area contributed by atoms with E-state index in [0.29, 0.717) is 25.8 Å². The van der Waals surface area contributed by atoms with Crippen LogP contribution in [0, 0.1) is 6.92 Å². The third kappa shape index (κ3) is 6.69. The predicted molar refractivity (Wildman–Crippen MR) is 141 cm³/mol. The Balaban J connectivity index is 0.00000141. The Kier molecular flexibility index (Phi) is 9.28. The molecule has 35 heavy (non-hydrogen) atoms. The molecule has 0 bridgehead atoms. The first kappa shape index (κ1) is 25.4. The van der Waals surface area contributed by atoms with Gasteiger partial charge >= 0.3 is 6.01 Å². The van der Waals surface area contributed by atoms with Gasteiger partial charge in [-0.05, 0) is 36.6 Å².